The third-order valence-corrected chi connectivity index (χ3v) is 3.11. The van der Waals surface area contributed by atoms with Gasteiger partial charge in [0.25, 0.3) is 5.91 Å². The van der Waals surface area contributed by atoms with Gasteiger partial charge in [0.05, 0.1) is 6.07 Å². The van der Waals surface area contributed by atoms with Crippen LogP contribution in [0.5, 0.6) is 0 Å². The molecule has 0 saturated carbocycles. The number of benzene rings is 1. The largest absolute Gasteiger partial charge is 0.388 e. The maximum atomic E-state index is 12.2. The van der Waals surface area contributed by atoms with Crippen LogP contribution in [-0.2, 0) is 4.79 Å². The van der Waals surface area contributed by atoms with Crippen molar-refractivity contribution in [3.8, 4) is 6.07 Å². The van der Waals surface area contributed by atoms with E-state index in [1.54, 1.807) is 31.3 Å². The summed E-state index contributed by atoms with van der Waals surface area (Å²) in [5.41, 5.74) is 1.39. The van der Waals surface area contributed by atoms with Crippen molar-refractivity contribution in [2.45, 2.75) is 26.3 Å². The Morgan fingerprint density at radius 3 is 2.36 bits per heavy atom. The summed E-state index contributed by atoms with van der Waals surface area (Å²) in [7, 11) is 1.80. The molecule has 0 bridgehead atoms. The lowest BCUT2D eigenvalue weighted by atomic mass is 10.0. The second kappa shape index (κ2) is 8.67. The van der Waals surface area contributed by atoms with Crippen LogP contribution in [0.3, 0.4) is 0 Å². The molecule has 1 rings (SSSR count). The standard InChI is InChI=1S/C16H22N4O2/c1-11(2)10-14(16(22)19-9-8-17)20-15(21)12-4-6-13(18-3)7-5-12/h4-7,11,14,18H,9-10H2,1-3H3,(H,19,22)(H,20,21)/t14-/m0/s1. The van der Waals surface area contributed by atoms with Crippen molar-refractivity contribution in [1.29, 1.82) is 5.26 Å². The van der Waals surface area contributed by atoms with Crippen LogP contribution in [0.25, 0.3) is 0 Å². The topological polar surface area (TPSA) is 94.0 Å². The highest BCUT2D eigenvalue weighted by atomic mass is 16.2. The first kappa shape index (κ1) is 17.5. The smallest absolute Gasteiger partial charge is 0.251 e. The van der Waals surface area contributed by atoms with Gasteiger partial charge in [0, 0.05) is 18.3 Å². The van der Waals surface area contributed by atoms with Gasteiger partial charge in [-0.2, -0.15) is 5.26 Å². The number of nitriles is 1. The molecule has 0 saturated heterocycles. The maximum Gasteiger partial charge on any atom is 0.251 e. The van der Waals surface area contributed by atoms with Gasteiger partial charge >= 0.3 is 0 Å². The van der Waals surface area contributed by atoms with Crippen molar-refractivity contribution >= 4 is 17.5 Å². The Balaban J connectivity index is 2.76. The highest BCUT2D eigenvalue weighted by molar-refractivity contribution is 5.97. The molecule has 0 aliphatic carbocycles. The number of nitrogens with one attached hydrogen (secondary N) is 3. The van der Waals surface area contributed by atoms with Gasteiger partial charge in [0.2, 0.25) is 5.91 Å². The average Bonchev–Trinajstić information content (AvgIpc) is 2.51. The Morgan fingerprint density at radius 2 is 1.86 bits per heavy atom. The van der Waals surface area contributed by atoms with Crippen molar-refractivity contribution < 1.29 is 9.59 Å². The highest BCUT2D eigenvalue weighted by Crippen LogP contribution is 2.10. The Bertz CT molecular complexity index is 546. The van der Waals surface area contributed by atoms with E-state index in [4.69, 9.17) is 5.26 Å². The summed E-state index contributed by atoms with van der Waals surface area (Å²) in [4.78, 5) is 24.3. The molecule has 3 N–H and O–H groups in total. The van der Waals surface area contributed by atoms with Crippen LogP contribution in [0.4, 0.5) is 5.69 Å². The summed E-state index contributed by atoms with van der Waals surface area (Å²) in [5, 5.41) is 16.7. The van der Waals surface area contributed by atoms with Gasteiger partial charge in [-0.15, -0.1) is 0 Å². The highest BCUT2D eigenvalue weighted by Gasteiger charge is 2.22. The van der Waals surface area contributed by atoms with Gasteiger partial charge in [-0.25, -0.2) is 0 Å². The van der Waals surface area contributed by atoms with Gasteiger partial charge in [-0.1, -0.05) is 13.8 Å². The first-order valence-electron chi connectivity index (χ1n) is 7.21. The van der Waals surface area contributed by atoms with E-state index in [0.717, 1.165) is 5.69 Å². The molecule has 1 aromatic rings. The fourth-order valence-electron chi connectivity index (χ4n) is 1.98. The molecule has 6 heteroatoms. The number of carbonyl (C=O) groups excluding carboxylic acids is 2. The Morgan fingerprint density at radius 1 is 1.23 bits per heavy atom. The van der Waals surface area contributed by atoms with E-state index in [1.165, 1.54) is 0 Å². The molecule has 0 heterocycles. The zero-order chi connectivity index (χ0) is 16.5. The molecule has 1 aromatic carbocycles. The Hall–Kier alpha value is -2.55. The van der Waals surface area contributed by atoms with Crippen LogP contribution in [0, 0.1) is 17.2 Å². The molecule has 6 nitrogen and oxygen atoms in total. The van der Waals surface area contributed by atoms with Crippen molar-refractivity contribution in [2.24, 2.45) is 5.92 Å². The molecule has 2 amide bonds. The summed E-state index contributed by atoms with van der Waals surface area (Å²) in [5.74, 6) is -0.402. The van der Waals surface area contributed by atoms with E-state index in [9.17, 15) is 9.59 Å². The first-order valence-corrected chi connectivity index (χ1v) is 7.21. The number of hydrogen-bond donors (Lipinski definition) is 3. The normalized spacial score (nSPS) is 11.4. The predicted molar refractivity (Wildman–Crippen MR) is 85.3 cm³/mol. The fourth-order valence-corrected chi connectivity index (χ4v) is 1.98. The maximum absolute atomic E-state index is 12.2. The third kappa shape index (κ3) is 5.44. The molecule has 0 aliphatic rings. The summed E-state index contributed by atoms with van der Waals surface area (Å²) in [6, 6.07) is 8.18. The van der Waals surface area contributed by atoms with Crippen molar-refractivity contribution in [3.05, 3.63) is 29.8 Å². The molecule has 0 spiro atoms. The fraction of sp³-hybridized carbons (Fsp3) is 0.438. The first-order chi connectivity index (χ1) is 10.5. The van der Waals surface area contributed by atoms with E-state index in [1.807, 2.05) is 19.9 Å². The molecule has 118 valence electrons. The van der Waals surface area contributed by atoms with Gasteiger partial charge in [-0.05, 0) is 36.6 Å². The molecule has 0 fully saturated rings. The number of carbonyl (C=O) groups is 2. The quantitative estimate of drug-likeness (QED) is 0.665. The zero-order valence-electron chi connectivity index (χ0n) is 13.1. The van der Waals surface area contributed by atoms with Crippen LogP contribution in [0.2, 0.25) is 0 Å². The van der Waals surface area contributed by atoms with Crippen LogP contribution in [0.1, 0.15) is 30.6 Å². The van der Waals surface area contributed by atoms with Crippen LogP contribution >= 0.6 is 0 Å². The van der Waals surface area contributed by atoms with E-state index in [2.05, 4.69) is 16.0 Å². The summed E-state index contributed by atoms with van der Waals surface area (Å²) in [6.45, 7) is 3.87. The number of amides is 2. The molecular formula is C16H22N4O2. The van der Waals surface area contributed by atoms with Crippen LogP contribution < -0.4 is 16.0 Å². The van der Waals surface area contributed by atoms with E-state index in [-0.39, 0.29) is 24.3 Å². The van der Waals surface area contributed by atoms with E-state index in [0.29, 0.717) is 12.0 Å². The lowest BCUT2D eigenvalue weighted by molar-refractivity contribution is -0.123. The molecular weight excluding hydrogens is 280 g/mol. The second-order valence-corrected chi connectivity index (χ2v) is 5.36. The summed E-state index contributed by atoms with van der Waals surface area (Å²) < 4.78 is 0. The van der Waals surface area contributed by atoms with Gasteiger partial charge in [-0.3, -0.25) is 9.59 Å². The van der Waals surface area contributed by atoms with Crippen LogP contribution in [-0.4, -0.2) is 31.4 Å². The lowest BCUT2D eigenvalue weighted by Crippen LogP contribution is -2.47. The minimum absolute atomic E-state index is 0.0693. The third-order valence-electron chi connectivity index (χ3n) is 3.11. The Labute approximate surface area is 130 Å². The van der Waals surface area contributed by atoms with E-state index >= 15 is 0 Å². The monoisotopic (exact) mass is 302 g/mol. The summed E-state index contributed by atoms with van der Waals surface area (Å²) in [6.07, 6.45) is 0.512. The van der Waals surface area contributed by atoms with E-state index < -0.39 is 6.04 Å². The van der Waals surface area contributed by atoms with Crippen LogP contribution in [0.15, 0.2) is 24.3 Å². The summed E-state index contributed by atoms with van der Waals surface area (Å²) >= 11 is 0. The Kier molecular flexibility index (Phi) is 6.90. The number of hydrogen-bond acceptors (Lipinski definition) is 4. The SMILES string of the molecule is CNc1ccc(C(=O)N[C@@H](CC(C)C)C(=O)NCC#N)cc1. The zero-order valence-corrected chi connectivity index (χ0v) is 13.1. The molecule has 22 heavy (non-hydrogen) atoms. The molecule has 0 aromatic heterocycles. The number of anilines is 1. The number of nitrogens with zero attached hydrogens (tertiary/aromatic N) is 1. The molecule has 0 aliphatic heterocycles. The van der Waals surface area contributed by atoms with Crippen molar-refractivity contribution in [1.82, 2.24) is 10.6 Å². The van der Waals surface area contributed by atoms with Crippen molar-refractivity contribution in [3.63, 3.8) is 0 Å². The number of rotatable bonds is 7. The predicted octanol–water partition coefficient (Wildman–Crippen LogP) is 1.51. The molecule has 0 radical (unpaired) electrons. The second-order valence-electron chi connectivity index (χ2n) is 5.36. The van der Waals surface area contributed by atoms with Gasteiger partial charge < -0.3 is 16.0 Å². The minimum atomic E-state index is -0.648. The van der Waals surface area contributed by atoms with Gasteiger partial charge in [0.1, 0.15) is 12.6 Å². The average molecular weight is 302 g/mol. The van der Waals surface area contributed by atoms with Gasteiger partial charge in [0.15, 0.2) is 0 Å². The lowest BCUT2D eigenvalue weighted by Gasteiger charge is -2.19. The molecule has 1 atom stereocenters. The molecule has 0 unspecified atom stereocenters. The van der Waals surface area contributed by atoms with Crippen molar-refractivity contribution in [2.75, 3.05) is 18.9 Å². The minimum Gasteiger partial charge on any atom is -0.388 e.